The van der Waals surface area contributed by atoms with E-state index in [1.54, 1.807) is 19.4 Å². The molecule has 1 aliphatic rings. The number of nitrogens with zero attached hydrogens (tertiary/aromatic N) is 4. The van der Waals surface area contributed by atoms with Gasteiger partial charge in [-0.3, -0.25) is 4.79 Å². The van der Waals surface area contributed by atoms with E-state index in [0.29, 0.717) is 17.0 Å². The molecule has 7 nitrogen and oxygen atoms in total. The van der Waals surface area contributed by atoms with Gasteiger partial charge in [0.2, 0.25) is 17.7 Å². The molecule has 128 valence electrons. The summed E-state index contributed by atoms with van der Waals surface area (Å²) >= 11 is 1.54. The van der Waals surface area contributed by atoms with E-state index >= 15 is 0 Å². The van der Waals surface area contributed by atoms with E-state index in [1.165, 1.54) is 16.2 Å². The fourth-order valence-corrected chi connectivity index (χ4v) is 3.43. The van der Waals surface area contributed by atoms with Gasteiger partial charge in [-0.2, -0.15) is 4.98 Å². The highest BCUT2D eigenvalue weighted by Gasteiger charge is 2.26. The van der Waals surface area contributed by atoms with E-state index in [0.717, 1.165) is 32.4 Å². The number of nitrogens with one attached hydrogen (secondary N) is 1. The van der Waals surface area contributed by atoms with Crippen molar-refractivity contribution in [1.29, 1.82) is 0 Å². The monoisotopic (exact) mass is 347 g/mol. The topological polar surface area (TPSA) is 80.2 Å². The summed E-state index contributed by atoms with van der Waals surface area (Å²) in [5.74, 6) is 1.26. The minimum absolute atomic E-state index is 0.000773. The first-order valence-corrected chi connectivity index (χ1v) is 8.88. The van der Waals surface area contributed by atoms with Crippen molar-refractivity contribution >= 4 is 28.3 Å². The fraction of sp³-hybridized carbons (Fsp3) is 0.500. The zero-order chi connectivity index (χ0) is 16.9. The van der Waals surface area contributed by atoms with Crippen molar-refractivity contribution in [1.82, 2.24) is 15.0 Å². The van der Waals surface area contributed by atoms with Crippen LogP contribution in [0, 0.1) is 5.92 Å². The molecule has 1 fully saturated rings. The zero-order valence-corrected chi connectivity index (χ0v) is 14.7. The second kappa shape index (κ2) is 7.57. The first-order chi connectivity index (χ1) is 11.7. The number of carbonyl (C=O) groups excluding carboxylic acids is 1. The Labute approximate surface area is 145 Å². The van der Waals surface area contributed by atoms with Gasteiger partial charge in [0.05, 0.1) is 7.11 Å². The minimum atomic E-state index is 0.000773. The summed E-state index contributed by atoms with van der Waals surface area (Å²) in [5, 5.41) is 3.63. The lowest BCUT2D eigenvalue weighted by Crippen LogP contribution is -2.39. The van der Waals surface area contributed by atoms with E-state index < -0.39 is 0 Å². The Bertz CT molecular complexity index is 697. The van der Waals surface area contributed by atoms with Crippen LogP contribution in [-0.2, 0) is 11.2 Å². The molecule has 1 saturated heterocycles. The maximum atomic E-state index is 12.4. The number of methoxy groups -OCH3 is 1. The molecule has 0 spiro atoms. The number of aromatic nitrogens is 3. The van der Waals surface area contributed by atoms with Gasteiger partial charge in [0.1, 0.15) is 0 Å². The number of ether oxygens (including phenoxy) is 1. The minimum Gasteiger partial charge on any atom is -0.481 e. The number of thiazole rings is 1. The molecule has 8 heteroatoms. The summed E-state index contributed by atoms with van der Waals surface area (Å²) in [7, 11) is 1.59. The van der Waals surface area contributed by atoms with Gasteiger partial charge in [0.25, 0.3) is 0 Å². The molecule has 24 heavy (non-hydrogen) atoms. The lowest BCUT2D eigenvalue weighted by atomic mass is 9.96. The molecule has 2 aromatic heterocycles. The van der Waals surface area contributed by atoms with Gasteiger partial charge in [-0.25, -0.2) is 9.97 Å². The maximum absolute atomic E-state index is 12.4. The Morgan fingerprint density at radius 3 is 2.88 bits per heavy atom. The average molecular weight is 347 g/mol. The number of hydrogen-bond donors (Lipinski definition) is 1. The van der Waals surface area contributed by atoms with Crippen LogP contribution in [0.3, 0.4) is 0 Å². The third kappa shape index (κ3) is 3.81. The van der Waals surface area contributed by atoms with Gasteiger partial charge in [-0.15, -0.1) is 11.3 Å². The third-order valence-corrected chi connectivity index (χ3v) is 5.16. The van der Waals surface area contributed by atoms with Crippen LogP contribution in [0.25, 0.3) is 0 Å². The van der Waals surface area contributed by atoms with Crippen LogP contribution in [0.2, 0.25) is 0 Å². The number of hydrogen-bond acceptors (Lipinski definition) is 7. The van der Waals surface area contributed by atoms with Crippen molar-refractivity contribution in [3.63, 3.8) is 0 Å². The highest BCUT2D eigenvalue weighted by atomic mass is 32.1. The lowest BCUT2D eigenvalue weighted by Gasteiger charge is -2.31. The van der Waals surface area contributed by atoms with Gasteiger partial charge in [-0.05, 0) is 19.3 Å². The molecule has 1 aliphatic heterocycles. The van der Waals surface area contributed by atoms with Crippen LogP contribution in [0.15, 0.2) is 18.5 Å². The third-order valence-electron chi connectivity index (χ3n) is 4.11. The van der Waals surface area contributed by atoms with Crippen molar-refractivity contribution in [3.8, 4) is 5.88 Å². The molecule has 3 rings (SSSR count). The fourth-order valence-electron chi connectivity index (χ4n) is 2.68. The van der Waals surface area contributed by atoms with Crippen LogP contribution in [0.4, 0.5) is 11.1 Å². The van der Waals surface area contributed by atoms with Crippen molar-refractivity contribution < 1.29 is 9.53 Å². The summed E-state index contributed by atoms with van der Waals surface area (Å²) in [4.78, 5) is 28.5. The van der Waals surface area contributed by atoms with Crippen molar-refractivity contribution in [2.45, 2.75) is 26.2 Å². The Morgan fingerprint density at radius 1 is 1.42 bits per heavy atom. The molecule has 0 saturated carbocycles. The quantitative estimate of drug-likeness (QED) is 0.894. The van der Waals surface area contributed by atoms with Crippen LogP contribution < -0.4 is 15.0 Å². The van der Waals surface area contributed by atoms with E-state index in [9.17, 15) is 4.79 Å². The molecule has 0 unspecified atom stereocenters. The van der Waals surface area contributed by atoms with E-state index in [2.05, 4.69) is 32.1 Å². The van der Waals surface area contributed by atoms with Gasteiger partial charge in [-0.1, -0.05) is 6.92 Å². The highest BCUT2D eigenvalue weighted by Crippen LogP contribution is 2.24. The number of amides is 1. The average Bonchev–Trinajstić information content (AvgIpc) is 3.09. The number of aryl methyl sites for hydroxylation is 1. The van der Waals surface area contributed by atoms with Crippen molar-refractivity contribution in [2.75, 3.05) is 30.4 Å². The number of carbonyl (C=O) groups is 1. The second-order valence-corrected chi connectivity index (χ2v) is 6.75. The largest absolute Gasteiger partial charge is 0.481 e. The molecular weight excluding hydrogens is 326 g/mol. The van der Waals surface area contributed by atoms with Crippen LogP contribution in [0.1, 0.15) is 24.6 Å². The van der Waals surface area contributed by atoms with E-state index in [4.69, 9.17) is 4.74 Å². The molecule has 3 heterocycles. The lowest BCUT2D eigenvalue weighted by molar-refractivity contribution is -0.120. The standard InChI is InChI=1S/C16H21N5O2S/c1-3-12-10-18-16(24-12)20-14(22)11-5-8-21(9-6-11)15-17-7-4-13(19-15)23-2/h4,7,10-11H,3,5-6,8-9H2,1-2H3,(H,18,20,22). The predicted molar refractivity (Wildman–Crippen MR) is 93.6 cm³/mol. The molecule has 2 aromatic rings. The first kappa shape index (κ1) is 16.6. The van der Waals surface area contributed by atoms with Crippen LogP contribution >= 0.6 is 11.3 Å². The van der Waals surface area contributed by atoms with Gasteiger partial charge in [0, 0.05) is 42.3 Å². The maximum Gasteiger partial charge on any atom is 0.229 e. The smallest absolute Gasteiger partial charge is 0.229 e. The molecule has 0 aromatic carbocycles. The summed E-state index contributed by atoms with van der Waals surface area (Å²) < 4.78 is 5.13. The second-order valence-electron chi connectivity index (χ2n) is 5.63. The molecule has 1 N–H and O–H groups in total. The molecule has 0 bridgehead atoms. The van der Waals surface area contributed by atoms with Gasteiger partial charge >= 0.3 is 0 Å². The molecular formula is C16H21N5O2S. The number of piperidine rings is 1. The number of anilines is 2. The van der Waals surface area contributed by atoms with Crippen molar-refractivity contribution in [2.24, 2.45) is 5.92 Å². The van der Waals surface area contributed by atoms with E-state index in [1.807, 2.05) is 6.20 Å². The van der Waals surface area contributed by atoms with E-state index in [-0.39, 0.29) is 11.8 Å². The van der Waals surface area contributed by atoms with Gasteiger partial charge < -0.3 is 15.0 Å². The molecule has 0 aliphatic carbocycles. The van der Waals surface area contributed by atoms with Crippen LogP contribution in [0.5, 0.6) is 5.88 Å². The Hall–Kier alpha value is -2.22. The Kier molecular flexibility index (Phi) is 5.24. The van der Waals surface area contributed by atoms with Gasteiger partial charge in [0.15, 0.2) is 5.13 Å². The van der Waals surface area contributed by atoms with Crippen molar-refractivity contribution in [3.05, 3.63) is 23.3 Å². The summed E-state index contributed by atoms with van der Waals surface area (Å²) in [6.07, 6.45) is 6.00. The summed E-state index contributed by atoms with van der Waals surface area (Å²) in [6, 6.07) is 1.72. The predicted octanol–water partition coefficient (Wildman–Crippen LogP) is 2.36. The zero-order valence-electron chi connectivity index (χ0n) is 13.9. The Morgan fingerprint density at radius 2 is 2.21 bits per heavy atom. The molecule has 1 amide bonds. The SMILES string of the molecule is CCc1cnc(NC(=O)C2CCN(c3nccc(OC)n3)CC2)s1. The first-order valence-electron chi connectivity index (χ1n) is 8.07. The summed E-state index contributed by atoms with van der Waals surface area (Å²) in [5.41, 5.74) is 0. The summed E-state index contributed by atoms with van der Waals surface area (Å²) in [6.45, 7) is 3.59. The highest BCUT2D eigenvalue weighted by molar-refractivity contribution is 7.15. The normalized spacial score (nSPS) is 15.3. The molecule has 0 atom stereocenters. The number of rotatable bonds is 5. The Balaban J connectivity index is 1.55. The molecule has 0 radical (unpaired) electrons. The van der Waals surface area contributed by atoms with Crippen LogP contribution in [-0.4, -0.2) is 41.1 Å².